The zero-order chi connectivity index (χ0) is 35.0. The number of aromatic nitrogens is 4. The fourth-order valence-corrected chi connectivity index (χ4v) is 5.49. The second kappa shape index (κ2) is 16.6. The second-order valence-electron chi connectivity index (χ2n) is 11.7. The van der Waals surface area contributed by atoms with Crippen LogP contribution in [-0.2, 0) is 37.4 Å². The topological polar surface area (TPSA) is 212 Å². The monoisotopic (exact) mass is 679 g/mol. The number of carbonyl (C=O) groups excluding carboxylic acids is 2. The van der Waals surface area contributed by atoms with Crippen LogP contribution in [0, 0.1) is 5.92 Å². The molecule has 2 aromatic heterocycles. The molecule has 1 unspecified atom stereocenters. The predicted molar refractivity (Wildman–Crippen MR) is 165 cm³/mol. The Bertz CT molecular complexity index is 1360. The van der Waals surface area contributed by atoms with E-state index in [4.69, 9.17) is 33.7 Å². The number of fused-ring (bicyclic) bond motifs is 1. The summed E-state index contributed by atoms with van der Waals surface area (Å²) in [5.74, 6) is -3.55. The van der Waals surface area contributed by atoms with E-state index in [-0.39, 0.29) is 23.9 Å². The van der Waals surface area contributed by atoms with Gasteiger partial charge in [-0.05, 0) is 47.0 Å². The zero-order valence-corrected chi connectivity index (χ0v) is 28.8. The van der Waals surface area contributed by atoms with Crippen LogP contribution in [0.1, 0.15) is 60.9 Å². The molecule has 5 atom stereocenters. The summed E-state index contributed by atoms with van der Waals surface area (Å²) >= 11 is 0. The highest BCUT2D eigenvalue weighted by atomic mass is 31.2. The van der Waals surface area contributed by atoms with E-state index < -0.39 is 69.5 Å². The Morgan fingerprint density at radius 1 is 1.11 bits per heavy atom. The molecule has 0 aliphatic heterocycles. The molecule has 2 rings (SSSR count). The van der Waals surface area contributed by atoms with Gasteiger partial charge in [0, 0.05) is 21.2 Å². The molecule has 0 fully saturated rings. The SMILES string of the molecule is CO[C@](F)(COP(=O)(N[C@@H](CC(C)C)C(=O)OC(C)C)OCOC(=O)OC(C)C)[C@@H](O)[C@H](C)n1cnc2c(N(C)C)nc(N)nc21. The van der Waals surface area contributed by atoms with Gasteiger partial charge in [0.1, 0.15) is 18.8 Å². The Morgan fingerprint density at radius 2 is 1.74 bits per heavy atom. The lowest BCUT2D eigenvalue weighted by molar-refractivity contribution is -0.218. The average molecular weight is 680 g/mol. The highest BCUT2D eigenvalue weighted by molar-refractivity contribution is 7.51. The molecule has 19 heteroatoms. The molecule has 4 N–H and O–H groups in total. The molecule has 262 valence electrons. The van der Waals surface area contributed by atoms with E-state index in [0.717, 1.165) is 7.11 Å². The number of imidazole rings is 1. The average Bonchev–Trinajstić information content (AvgIpc) is 3.36. The zero-order valence-electron chi connectivity index (χ0n) is 27.9. The third kappa shape index (κ3) is 10.7. The quantitative estimate of drug-likeness (QED) is 0.117. The number of nitrogen functional groups attached to an aromatic ring is 1. The summed E-state index contributed by atoms with van der Waals surface area (Å²) in [6.07, 6.45) is -2.67. The number of nitrogens with one attached hydrogen (secondary N) is 1. The van der Waals surface area contributed by atoms with Gasteiger partial charge in [-0.15, -0.1) is 0 Å². The van der Waals surface area contributed by atoms with E-state index in [1.54, 1.807) is 46.7 Å². The second-order valence-corrected chi connectivity index (χ2v) is 13.4. The first-order valence-corrected chi connectivity index (χ1v) is 16.2. The molecule has 0 aliphatic rings. The minimum atomic E-state index is -4.70. The Kier molecular flexibility index (Phi) is 14.1. The molecule has 46 heavy (non-hydrogen) atoms. The fourth-order valence-electron chi connectivity index (χ4n) is 4.14. The number of esters is 1. The molecule has 0 aliphatic carbocycles. The maximum atomic E-state index is 16.3. The van der Waals surface area contributed by atoms with E-state index in [9.17, 15) is 19.3 Å². The Hall–Kier alpha value is -3.15. The summed E-state index contributed by atoms with van der Waals surface area (Å²) in [5, 5.41) is 13.7. The van der Waals surface area contributed by atoms with Crippen LogP contribution < -0.4 is 15.7 Å². The number of carbonyl (C=O) groups is 2. The molecular weight excluding hydrogens is 632 g/mol. The van der Waals surface area contributed by atoms with Crippen molar-refractivity contribution >= 4 is 42.8 Å². The lowest BCUT2D eigenvalue weighted by Crippen LogP contribution is -2.48. The van der Waals surface area contributed by atoms with Crippen LogP contribution in [0.25, 0.3) is 11.2 Å². The Labute approximate surface area is 267 Å². The lowest BCUT2D eigenvalue weighted by atomic mass is 10.0. The molecular formula is C27H47FN7O10P. The van der Waals surface area contributed by atoms with Crippen LogP contribution in [0.15, 0.2) is 6.33 Å². The number of hydrogen-bond donors (Lipinski definition) is 3. The predicted octanol–water partition coefficient (Wildman–Crippen LogP) is 3.32. The number of alkyl halides is 1. The van der Waals surface area contributed by atoms with Gasteiger partial charge >= 0.3 is 19.9 Å². The minimum absolute atomic E-state index is 0.0724. The van der Waals surface area contributed by atoms with Gasteiger partial charge in [0.15, 0.2) is 17.0 Å². The lowest BCUT2D eigenvalue weighted by Gasteiger charge is -2.34. The molecule has 0 amide bonds. The van der Waals surface area contributed by atoms with Crippen molar-refractivity contribution in [3.8, 4) is 0 Å². The maximum Gasteiger partial charge on any atom is 0.510 e. The number of aliphatic hydroxyl groups excluding tert-OH is 1. The van der Waals surface area contributed by atoms with Gasteiger partial charge in [0.2, 0.25) is 12.7 Å². The van der Waals surface area contributed by atoms with Gasteiger partial charge < -0.3 is 39.3 Å². The van der Waals surface area contributed by atoms with Crippen molar-refractivity contribution in [1.29, 1.82) is 0 Å². The van der Waals surface area contributed by atoms with Crippen LogP contribution in [-0.4, -0.2) is 102 Å². The summed E-state index contributed by atoms with van der Waals surface area (Å²) in [4.78, 5) is 39.1. The van der Waals surface area contributed by atoms with Crippen molar-refractivity contribution in [2.45, 2.75) is 91.1 Å². The molecule has 0 saturated heterocycles. The highest BCUT2D eigenvalue weighted by Crippen LogP contribution is 2.47. The molecule has 0 spiro atoms. The largest absolute Gasteiger partial charge is 0.510 e. The smallest absolute Gasteiger partial charge is 0.462 e. The van der Waals surface area contributed by atoms with Gasteiger partial charge in [-0.3, -0.25) is 13.8 Å². The number of methoxy groups -OCH3 is 1. The standard InChI is InChI=1S/C27H47FN7O10P/c1-15(2)11-19(24(37)44-16(3)4)33-46(39,43-14-41-26(38)45-17(5)6)42-12-27(28,40-10)21(36)18(7)35-13-30-20-22(34(8)9)31-25(29)32-23(20)35/h13,15-19,21,36H,11-12,14H2,1-10H3,(H,33,39)(H2,29,31,32)/t18-,19-,21-,27+,46?/m0/s1. The van der Waals surface area contributed by atoms with E-state index >= 15 is 4.39 Å². The molecule has 17 nitrogen and oxygen atoms in total. The number of anilines is 2. The Morgan fingerprint density at radius 3 is 2.28 bits per heavy atom. The fraction of sp³-hybridized carbons (Fsp3) is 0.741. The van der Waals surface area contributed by atoms with E-state index in [0.29, 0.717) is 11.3 Å². The number of aliphatic hydroxyl groups is 1. The number of halogens is 1. The van der Waals surface area contributed by atoms with Gasteiger partial charge in [0.05, 0.1) is 24.6 Å². The third-order valence-electron chi connectivity index (χ3n) is 6.34. The molecule has 2 aromatic rings. The number of nitrogens with two attached hydrogens (primary N) is 1. The molecule has 0 saturated carbocycles. The van der Waals surface area contributed by atoms with Gasteiger partial charge in [-0.2, -0.15) is 9.97 Å². The Balaban J connectivity index is 2.37. The number of rotatable bonds is 18. The van der Waals surface area contributed by atoms with Gasteiger partial charge in [0.25, 0.3) is 5.85 Å². The normalized spacial score (nSPS) is 16.6. The highest BCUT2D eigenvalue weighted by Gasteiger charge is 2.46. The van der Waals surface area contributed by atoms with Crippen molar-refractivity contribution in [1.82, 2.24) is 24.6 Å². The van der Waals surface area contributed by atoms with Crippen LogP contribution in [0.4, 0.5) is 21.0 Å². The molecule has 0 bridgehead atoms. The van der Waals surface area contributed by atoms with Gasteiger partial charge in [-0.1, -0.05) is 13.8 Å². The van der Waals surface area contributed by atoms with Crippen molar-refractivity contribution in [3.05, 3.63) is 6.33 Å². The summed E-state index contributed by atoms with van der Waals surface area (Å²) in [5.41, 5.74) is 6.44. The summed E-state index contributed by atoms with van der Waals surface area (Å²) in [7, 11) is -0.264. The number of ether oxygens (including phenoxy) is 4. The molecule has 0 aromatic carbocycles. The van der Waals surface area contributed by atoms with Crippen LogP contribution in [0.3, 0.4) is 0 Å². The summed E-state index contributed by atoms with van der Waals surface area (Å²) < 4.78 is 62.3. The van der Waals surface area contributed by atoms with Crippen LogP contribution >= 0.6 is 7.75 Å². The first kappa shape index (κ1) is 39.0. The first-order chi connectivity index (χ1) is 21.3. The summed E-state index contributed by atoms with van der Waals surface area (Å²) in [6.45, 7) is 9.40. The minimum Gasteiger partial charge on any atom is -0.462 e. The van der Waals surface area contributed by atoms with Crippen molar-refractivity contribution in [2.75, 3.05) is 45.2 Å². The van der Waals surface area contributed by atoms with Gasteiger partial charge in [-0.25, -0.2) is 23.8 Å². The van der Waals surface area contributed by atoms with Crippen LogP contribution in [0.5, 0.6) is 0 Å². The third-order valence-corrected chi connectivity index (χ3v) is 7.88. The summed E-state index contributed by atoms with van der Waals surface area (Å²) in [6, 6.07) is -2.33. The van der Waals surface area contributed by atoms with E-state index in [1.807, 2.05) is 13.8 Å². The van der Waals surface area contributed by atoms with Crippen molar-refractivity contribution < 1.29 is 51.6 Å². The first-order valence-electron chi connectivity index (χ1n) is 14.6. The molecule has 0 radical (unpaired) electrons. The van der Waals surface area contributed by atoms with Crippen LogP contribution in [0.2, 0.25) is 0 Å². The number of hydrogen-bond acceptors (Lipinski definition) is 15. The molecule has 2 heterocycles. The maximum absolute atomic E-state index is 16.3. The van der Waals surface area contributed by atoms with Crippen molar-refractivity contribution in [2.24, 2.45) is 5.92 Å². The number of nitrogens with zero attached hydrogens (tertiary/aromatic N) is 5. The van der Waals surface area contributed by atoms with E-state index in [2.05, 4.69) is 20.0 Å². The van der Waals surface area contributed by atoms with Crippen molar-refractivity contribution in [3.63, 3.8) is 0 Å². The van der Waals surface area contributed by atoms with E-state index in [1.165, 1.54) is 17.8 Å².